The van der Waals surface area contributed by atoms with E-state index in [9.17, 15) is 0 Å². The molecule has 0 radical (unpaired) electrons. The molecule has 0 fully saturated rings. The van der Waals surface area contributed by atoms with Crippen LogP contribution in [0.2, 0.25) is 0 Å². The van der Waals surface area contributed by atoms with Gasteiger partial charge in [-0.3, -0.25) is 4.98 Å². The van der Waals surface area contributed by atoms with E-state index in [1.807, 2.05) is 12.3 Å². The Bertz CT molecular complexity index is 253. The summed E-state index contributed by atoms with van der Waals surface area (Å²) in [4.78, 5) is 4.10. The topological polar surface area (TPSA) is 37.0 Å². The van der Waals surface area contributed by atoms with Gasteiger partial charge in [-0.05, 0) is 33.8 Å². The first-order valence-corrected chi connectivity index (χ1v) is 5.06. The Kier molecular flexibility index (Phi) is 3.74. The third-order valence-electron chi connectivity index (χ3n) is 1.71. The summed E-state index contributed by atoms with van der Waals surface area (Å²) in [6.45, 7) is 8.48. The molecule has 0 saturated heterocycles. The van der Waals surface area contributed by atoms with Crippen molar-refractivity contribution < 1.29 is 0 Å². The van der Waals surface area contributed by atoms with Crippen LogP contribution in [0, 0.1) is 0 Å². The first-order valence-electron chi connectivity index (χ1n) is 5.06. The zero-order valence-electron chi connectivity index (χ0n) is 9.33. The first kappa shape index (κ1) is 10.8. The summed E-state index contributed by atoms with van der Waals surface area (Å²) >= 11 is 0. The van der Waals surface area contributed by atoms with Gasteiger partial charge >= 0.3 is 0 Å². The maximum absolute atomic E-state index is 4.10. The highest BCUT2D eigenvalue weighted by atomic mass is 15.0. The van der Waals surface area contributed by atoms with E-state index in [0.29, 0.717) is 12.1 Å². The Morgan fingerprint density at radius 2 is 1.57 bits per heavy atom. The van der Waals surface area contributed by atoms with E-state index in [1.54, 1.807) is 6.20 Å². The first-order chi connectivity index (χ1) is 6.59. The van der Waals surface area contributed by atoms with Crippen LogP contribution in [-0.2, 0) is 0 Å². The summed E-state index contributed by atoms with van der Waals surface area (Å²) in [5.41, 5.74) is 2.18. The van der Waals surface area contributed by atoms with Gasteiger partial charge in [0.25, 0.3) is 0 Å². The van der Waals surface area contributed by atoms with E-state index in [1.165, 1.54) is 0 Å². The van der Waals surface area contributed by atoms with Gasteiger partial charge in [0, 0.05) is 18.3 Å². The van der Waals surface area contributed by atoms with Crippen LogP contribution in [0.5, 0.6) is 0 Å². The predicted molar refractivity (Wildman–Crippen MR) is 61.8 cm³/mol. The molecule has 1 rings (SSSR count). The highest BCUT2D eigenvalue weighted by molar-refractivity contribution is 5.67. The molecule has 0 aliphatic rings. The highest BCUT2D eigenvalue weighted by Gasteiger charge is 2.03. The van der Waals surface area contributed by atoms with Crippen LogP contribution in [0.1, 0.15) is 27.7 Å². The van der Waals surface area contributed by atoms with Gasteiger partial charge in [-0.2, -0.15) is 0 Å². The second-order valence-electron chi connectivity index (χ2n) is 4.02. The van der Waals surface area contributed by atoms with Crippen molar-refractivity contribution in [2.24, 2.45) is 0 Å². The van der Waals surface area contributed by atoms with Gasteiger partial charge in [-0.25, -0.2) is 0 Å². The van der Waals surface area contributed by atoms with Gasteiger partial charge in [0.2, 0.25) is 0 Å². The monoisotopic (exact) mass is 193 g/mol. The number of nitrogens with zero attached hydrogens (tertiary/aromatic N) is 1. The molecule has 0 aromatic carbocycles. The molecule has 0 aliphatic carbocycles. The molecule has 1 aromatic heterocycles. The molecule has 0 saturated carbocycles. The molecule has 0 atom stereocenters. The summed E-state index contributed by atoms with van der Waals surface area (Å²) in [7, 11) is 0. The number of aromatic nitrogens is 1. The van der Waals surface area contributed by atoms with Gasteiger partial charge in [-0.15, -0.1) is 0 Å². The van der Waals surface area contributed by atoms with Crippen LogP contribution in [0.4, 0.5) is 11.4 Å². The number of nitrogens with one attached hydrogen (secondary N) is 2. The third-order valence-corrected chi connectivity index (χ3v) is 1.71. The summed E-state index contributed by atoms with van der Waals surface area (Å²) < 4.78 is 0. The second kappa shape index (κ2) is 4.84. The highest BCUT2D eigenvalue weighted by Crippen LogP contribution is 2.20. The smallest absolute Gasteiger partial charge is 0.0764 e. The Hall–Kier alpha value is -1.25. The largest absolute Gasteiger partial charge is 0.381 e. The Morgan fingerprint density at radius 1 is 1.00 bits per heavy atom. The Labute approximate surface area is 85.9 Å². The zero-order valence-corrected chi connectivity index (χ0v) is 9.33. The maximum Gasteiger partial charge on any atom is 0.0764 e. The average molecular weight is 193 g/mol. The quantitative estimate of drug-likeness (QED) is 0.772. The SMILES string of the molecule is CC(C)Nc1ccncc1NC(C)C. The third kappa shape index (κ3) is 3.24. The van der Waals surface area contributed by atoms with Crippen molar-refractivity contribution in [3.05, 3.63) is 18.5 Å². The van der Waals surface area contributed by atoms with Crippen LogP contribution < -0.4 is 10.6 Å². The average Bonchev–Trinajstić information content (AvgIpc) is 2.06. The minimum Gasteiger partial charge on any atom is -0.381 e. The van der Waals surface area contributed by atoms with E-state index >= 15 is 0 Å². The molecule has 3 heteroatoms. The van der Waals surface area contributed by atoms with Crippen molar-refractivity contribution >= 4 is 11.4 Å². The number of anilines is 2. The lowest BCUT2D eigenvalue weighted by molar-refractivity contribution is 0.881. The van der Waals surface area contributed by atoms with E-state index in [4.69, 9.17) is 0 Å². The summed E-state index contributed by atoms with van der Waals surface area (Å²) in [5.74, 6) is 0. The minimum absolute atomic E-state index is 0.423. The van der Waals surface area contributed by atoms with E-state index < -0.39 is 0 Å². The van der Waals surface area contributed by atoms with Gasteiger partial charge in [-0.1, -0.05) is 0 Å². The van der Waals surface area contributed by atoms with Crippen LogP contribution in [0.25, 0.3) is 0 Å². The van der Waals surface area contributed by atoms with Gasteiger partial charge in [0.1, 0.15) is 0 Å². The van der Waals surface area contributed by atoms with Gasteiger partial charge in [0.05, 0.1) is 17.6 Å². The van der Waals surface area contributed by atoms with Crippen LogP contribution >= 0.6 is 0 Å². The molecule has 0 amide bonds. The molecule has 0 bridgehead atoms. The van der Waals surface area contributed by atoms with E-state index in [-0.39, 0.29) is 0 Å². The van der Waals surface area contributed by atoms with Crippen molar-refractivity contribution in [2.45, 2.75) is 39.8 Å². The Morgan fingerprint density at radius 3 is 2.14 bits per heavy atom. The van der Waals surface area contributed by atoms with Crippen LogP contribution in [0.15, 0.2) is 18.5 Å². The lowest BCUT2D eigenvalue weighted by atomic mass is 10.2. The fraction of sp³-hybridized carbons (Fsp3) is 0.545. The standard InChI is InChI=1S/C11H19N3/c1-8(2)13-10-5-6-12-7-11(10)14-9(3)4/h5-9,14H,1-4H3,(H,12,13). The van der Waals surface area contributed by atoms with Gasteiger partial charge in [0.15, 0.2) is 0 Å². The molecular weight excluding hydrogens is 174 g/mol. The molecule has 3 nitrogen and oxygen atoms in total. The summed E-state index contributed by atoms with van der Waals surface area (Å²) in [6, 6.07) is 2.85. The van der Waals surface area contributed by atoms with Crippen LogP contribution in [0.3, 0.4) is 0 Å². The minimum atomic E-state index is 0.423. The second-order valence-corrected chi connectivity index (χ2v) is 4.02. The normalized spacial score (nSPS) is 10.7. The molecule has 1 aromatic rings. The lowest BCUT2D eigenvalue weighted by Crippen LogP contribution is -2.15. The molecule has 14 heavy (non-hydrogen) atoms. The van der Waals surface area contributed by atoms with Crippen molar-refractivity contribution in [1.29, 1.82) is 0 Å². The molecule has 2 N–H and O–H groups in total. The van der Waals surface area contributed by atoms with Gasteiger partial charge < -0.3 is 10.6 Å². The lowest BCUT2D eigenvalue weighted by Gasteiger charge is -2.17. The zero-order chi connectivity index (χ0) is 10.6. The maximum atomic E-state index is 4.10. The van der Waals surface area contributed by atoms with E-state index in [0.717, 1.165) is 11.4 Å². The van der Waals surface area contributed by atoms with Crippen molar-refractivity contribution in [3.63, 3.8) is 0 Å². The molecular formula is C11H19N3. The predicted octanol–water partition coefficient (Wildman–Crippen LogP) is 2.72. The van der Waals surface area contributed by atoms with Crippen molar-refractivity contribution in [1.82, 2.24) is 4.98 Å². The summed E-state index contributed by atoms with van der Waals surface area (Å²) in [5, 5.41) is 6.73. The summed E-state index contributed by atoms with van der Waals surface area (Å²) in [6.07, 6.45) is 3.65. The fourth-order valence-electron chi connectivity index (χ4n) is 1.26. The van der Waals surface area contributed by atoms with Crippen molar-refractivity contribution in [3.8, 4) is 0 Å². The fourth-order valence-corrected chi connectivity index (χ4v) is 1.26. The van der Waals surface area contributed by atoms with Crippen LogP contribution in [-0.4, -0.2) is 17.1 Å². The number of hydrogen-bond donors (Lipinski definition) is 2. The molecule has 1 heterocycles. The number of rotatable bonds is 4. The number of pyridine rings is 1. The van der Waals surface area contributed by atoms with E-state index in [2.05, 4.69) is 43.3 Å². The molecule has 78 valence electrons. The molecule has 0 spiro atoms. The molecule has 0 unspecified atom stereocenters. The number of hydrogen-bond acceptors (Lipinski definition) is 3. The Balaban J connectivity index is 2.80. The van der Waals surface area contributed by atoms with Crippen molar-refractivity contribution in [2.75, 3.05) is 10.6 Å². The molecule has 0 aliphatic heterocycles.